The summed E-state index contributed by atoms with van der Waals surface area (Å²) in [6.07, 6.45) is 1.93. The summed E-state index contributed by atoms with van der Waals surface area (Å²) in [6.45, 7) is 4.16. The lowest BCUT2D eigenvalue weighted by Crippen LogP contribution is -2.10. The first-order valence-electron chi connectivity index (χ1n) is 3.92. The van der Waals surface area contributed by atoms with E-state index in [1.165, 1.54) is 0 Å². The summed E-state index contributed by atoms with van der Waals surface area (Å²) in [7, 11) is 0. The average molecular weight is 179 g/mol. The van der Waals surface area contributed by atoms with Crippen LogP contribution in [-0.2, 0) is 4.79 Å². The molecule has 0 rings (SSSR count). The zero-order chi connectivity index (χ0) is 8.85. The molecule has 0 aromatic heterocycles. The van der Waals surface area contributed by atoms with Crippen LogP contribution in [0.4, 0.5) is 0 Å². The van der Waals surface area contributed by atoms with E-state index in [1.54, 1.807) is 0 Å². The second-order valence-corrected chi connectivity index (χ2v) is 3.56. The van der Waals surface area contributed by atoms with Gasteiger partial charge in [-0.25, -0.2) is 0 Å². The molecular weight excluding hydrogens is 164 g/mol. The van der Waals surface area contributed by atoms with Crippen LogP contribution >= 0.6 is 11.6 Å². The molecule has 0 bridgehead atoms. The lowest BCUT2D eigenvalue weighted by molar-refractivity contribution is -0.137. The molecule has 1 N–H and O–H groups in total. The van der Waals surface area contributed by atoms with Crippen molar-refractivity contribution in [3.63, 3.8) is 0 Å². The molecule has 0 aliphatic carbocycles. The Labute approximate surface area is 72.6 Å². The molecular formula is C8H15ClO2. The number of rotatable bonds is 5. The van der Waals surface area contributed by atoms with Gasteiger partial charge in [-0.3, -0.25) is 4.79 Å². The summed E-state index contributed by atoms with van der Waals surface area (Å²) in [5.74, 6) is -0.287. The zero-order valence-electron chi connectivity index (χ0n) is 7.01. The maximum atomic E-state index is 10.2. The maximum Gasteiger partial charge on any atom is 0.304 e. The third-order valence-corrected chi connectivity index (χ3v) is 2.08. The highest BCUT2D eigenvalue weighted by Crippen LogP contribution is 2.16. The van der Waals surface area contributed by atoms with Crippen LogP contribution < -0.4 is 0 Å². The van der Waals surface area contributed by atoms with Crippen LogP contribution in [0.3, 0.4) is 0 Å². The minimum absolute atomic E-state index is 0.0753. The summed E-state index contributed by atoms with van der Waals surface area (Å²) in [6, 6.07) is 0. The molecule has 3 heteroatoms. The Bertz CT molecular complexity index is 125. The third-order valence-electron chi connectivity index (χ3n) is 1.75. The third kappa shape index (κ3) is 6.17. The van der Waals surface area contributed by atoms with E-state index >= 15 is 0 Å². The molecule has 0 spiro atoms. The van der Waals surface area contributed by atoms with Gasteiger partial charge in [-0.2, -0.15) is 0 Å². The van der Waals surface area contributed by atoms with E-state index in [4.69, 9.17) is 16.7 Å². The molecule has 0 aliphatic heterocycles. The Balaban J connectivity index is 3.51. The van der Waals surface area contributed by atoms with Gasteiger partial charge in [0.05, 0.1) is 6.42 Å². The summed E-state index contributed by atoms with van der Waals surface area (Å²) in [4.78, 5) is 10.2. The number of hydrogen-bond acceptors (Lipinski definition) is 1. The zero-order valence-corrected chi connectivity index (χ0v) is 7.77. The van der Waals surface area contributed by atoms with Gasteiger partial charge in [0.25, 0.3) is 0 Å². The van der Waals surface area contributed by atoms with Crippen molar-refractivity contribution in [2.24, 2.45) is 5.92 Å². The van der Waals surface area contributed by atoms with Crippen LogP contribution in [-0.4, -0.2) is 16.5 Å². The molecule has 11 heavy (non-hydrogen) atoms. The molecule has 0 fully saturated rings. The smallest absolute Gasteiger partial charge is 0.304 e. The second-order valence-electron chi connectivity index (χ2n) is 2.94. The fourth-order valence-corrected chi connectivity index (χ4v) is 1.31. The second kappa shape index (κ2) is 5.42. The van der Waals surface area contributed by atoms with Gasteiger partial charge < -0.3 is 5.11 Å². The fraction of sp³-hybridized carbons (Fsp3) is 0.875. The maximum absolute atomic E-state index is 10.2. The van der Waals surface area contributed by atoms with Gasteiger partial charge >= 0.3 is 5.97 Å². The molecule has 0 saturated heterocycles. The lowest BCUT2D eigenvalue weighted by atomic mass is 10.0. The molecule has 2 nitrogen and oxygen atoms in total. The molecule has 0 heterocycles. The van der Waals surface area contributed by atoms with Gasteiger partial charge in [0.15, 0.2) is 0 Å². The predicted octanol–water partition coefficient (Wildman–Crippen LogP) is 2.50. The van der Waals surface area contributed by atoms with E-state index in [9.17, 15) is 4.79 Å². The topological polar surface area (TPSA) is 37.3 Å². The van der Waals surface area contributed by atoms with E-state index in [0.29, 0.717) is 5.92 Å². The highest BCUT2D eigenvalue weighted by atomic mass is 35.5. The largest absolute Gasteiger partial charge is 0.481 e. The molecule has 0 amide bonds. The van der Waals surface area contributed by atoms with Crippen LogP contribution in [0.5, 0.6) is 0 Å². The van der Waals surface area contributed by atoms with Gasteiger partial charge in [-0.05, 0) is 12.3 Å². The molecule has 0 radical (unpaired) electrons. The van der Waals surface area contributed by atoms with Crippen molar-refractivity contribution in [3.8, 4) is 0 Å². The summed E-state index contributed by atoms with van der Waals surface area (Å²) in [5, 5.41) is 8.18. The van der Waals surface area contributed by atoms with Crippen LogP contribution in [0, 0.1) is 5.92 Å². The number of halogens is 1. The SMILES string of the molecule is CC[C@@H](C)C[C@@H](Cl)CC(=O)O. The molecule has 66 valence electrons. The van der Waals surface area contributed by atoms with Crippen molar-refractivity contribution >= 4 is 17.6 Å². The van der Waals surface area contributed by atoms with Crippen molar-refractivity contribution in [1.82, 2.24) is 0 Å². The molecule has 2 atom stereocenters. The summed E-state index contributed by atoms with van der Waals surface area (Å²) < 4.78 is 0. The van der Waals surface area contributed by atoms with Crippen LogP contribution in [0.15, 0.2) is 0 Å². The Kier molecular flexibility index (Phi) is 5.30. The Morgan fingerprint density at radius 2 is 2.18 bits per heavy atom. The number of carbonyl (C=O) groups is 1. The first-order chi connectivity index (χ1) is 5.06. The first-order valence-corrected chi connectivity index (χ1v) is 4.35. The molecule has 0 aromatic rings. The van der Waals surface area contributed by atoms with Crippen molar-refractivity contribution in [1.29, 1.82) is 0 Å². The Morgan fingerprint density at radius 1 is 1.64 bits per heavy atom. The predicted molar refractivity (Wildman–Crippen MR) is 46.0 cm³/mol. The standard InChI is InChI=1S/C8H15ClO2/c1-3-6(2)4-7(9)5-8(10)11/h6-7H,3-5H2,1-2H3,(H,10,11)/t6-,7-/m1/s1. The van der Waals surface area contributed by atoms with Crippen LogP contribution in [0.2, 0.25) is 0 Å². The minimum atomic E-state index is -0.812. The fourth-order valence-electron chi connectivity index (χ4n) is 0.876. The van der Waals surface area contributed by atoms with Crippen molar-refractivity contribution in [2.45, 2.75) is 38.5 Å². The summed E-state index contributed by atoms with van der Waals surface area (Å²) in [5.41, 5.74) is 0. The molecule has 0 saturated carbocycles. The quantitative estimate of drug-likeness (QED) is 0.657. The van der Waals surface area contributed by atoms with E-state index in [0.717, 1.165) is 12.8 Å². The Morgan fingerprint density at radius 3 is 2.55 bits per heavy atom. The van der Waals surface area contributed by atoms with Crippen LogP contribution in [0.25, 0.3) is 0 Å². The monoisotopic (exact) mass is 178 g/mol. The van der Waals surface area contributed by atoms with Crippen molar-refractivity contribution < 1.29 is 9.90 Å². The normalized spacial score (nSPS) is 15.9. The summed E-state index contributed by atoms with van der Waals surface area (Å²) >= 11 is 5.77. The highest BCUT2D eigenvalue weighted by Gasteiger charge is 2.12. The van der Waals surface area contributed by atoms with Gasteiger partial charge in [-0.15, -0.1) is 11.6 Å². The van der Waals surface area contributed by atoms with E-state index in [2.05, 4.69) is 13.8 Å². The number of carboxylic acids is 1. The van der Waals surface area contributed by atoms with Crippen LogP contribution in [0.1, 0.15) is 33.1 Å². The lowest BCUT2D eigenvalue weighted by Gasteiger charge is -2.11. The number of carboxylic acid groups (broad SMARTS) is 1. The minimum Gasteiger partial charge on any atom is -0.481 e. The van der Waals surface area contributed by atoms with Gasteiger partial charge in [-0.1, -0.05) is 20.3 Å². The first kappa shape index (κ1) is 10.8. The van der Waals surface area contributed by atoms with Gasteiger partial charge in [0.2, 0.25) is 0 Å². The van der Waals surface area contributed by atoms with E-state index in [-0.39, 0.29) is 11.8 Å². The highest BCUT2D eigenvalue weighted by molar-refractivity contribution is 6.21. The number of hydrogen-bond donors (Lipinski definition) is 1. The Hall–Kier alpha value is -0.240. The van der Waals surface area contributed by atoms with Gasteiger partial charge in [0, 0.05) is 5.38 Å². The van der Waals surface area contributed by atoms with Gasteiger partial charge in [0.1, 0.15) is 0 Å². The molecule has 0 unspecified atom stereocenters. The average Bonchev–Trinajstić information content (AvgIpc) is 1.85. The molecule has 0 aliphatic rings. The molecule has 0 aromatic carbocycles. The van der Waals surface area contributed by atoms with Crippen molar-refractivity contribution in [3.05, 3.63) is 0 Å². The van der Waals surface area contributed by atoms with E-state index < -0.39 is 5.97 Å². The number of aliphatic carboxylic acids is 1. The van der Waals surface area contributed by atoms with E-state index in [1.807, 2.05) is 0 Å². The van der Waals surface area contributed by atoms with Crippen molar-refractivity contribution in [2.75, 3.05) is 0 Å². The number of alkyl halides is 1.